The predicted octanol–water partition coefficient (Wildman–Crippen LogP) is 2.81. The molecule has 32 heavy (non-hydrogen) atoms. The van der Waals surface area contributed by atoms with Crippen LogP contribution in [0.3, 0.4) is 0 Å². The summed E-state index contributed by atoms with van der Waals surface area (Å²) in [6.45, 7) is 4.14. The van der Waals surface area contributed by atoms with Crippen LogP contribution in [0.4, 0.5) is 0 Å². The summed E-state index contributed by atoms with van der Waals surface area (Å²) in [5, 5.41) is 0. The van der Waals surface area contributed by atoms with Crippen LogP contribution in [0.15, 0.2) is 64.3 Å². The first-order chi connectivity index (χ1) is 15.4. The van der Waals surface area contributed by atoms with Gasteiger partial charge in [-0.1, -0.05) is 29.8 Å². The molecule has 0 atom stereocenters. The summed E-state index contributed by atoms with van der Waals surface area (Å²) >= 11 is 0. The van der Waals surface area contributed by atoms with Gasteiger partial charge in [-0.25, -0.2) is 4.79 Å². The second-order valence-corrected chi connectivity index (χ2v) is 7.98. The number of hydrogen-bond donors (Lipinski definition) is 0. The minimum absolute atomic E-state index is 0.203. The van der Waals surface area contributed by atoms with E-state index in [1.165, 1.54) is 9.13 Å². The fraction of sp³-hybridized carbons (Fsp3) is 0.208. The smallest absolute Gasteiger partial charge is 0.332 e. The summed E-state index contributed by atoms with van der Waals surface area (Å²) in [5.41, 5.74) is 3.77. The van der Waals surface area contributed by atoms with Crippen molar-refractivity contribution < 1.29 is 4.74 Å². The molecule has 0 fully saturated rings. The minimum Gasteiger partial charge on any atom is -0.497 e. The fourth-order valence-corrected chi connectivity index (χ4v) is 4.19. The molecule has 0 aliphatic rings. The SMILES string of the molecule is COc1ccc(-n2c(C)cn3c4c(=O)n(Cc5cccc(C)c5)c(=O)n(C)c4nc23)cc1. The number of fused-ring (bicyclic) bond motifs is 3. The van der Waals surface area contributed by atoms with Gasteiger partial charge in [-0.2, -0.15) is 4.98 Å². The third-order valence-corrected chi connectivity index (χ3v) is 5.78. The third-order valence-electron chi connectivity index (χ3n) is 5.78. The molecular weight excluding hydrogens is 406 g/mol. The molecule has 8 heteroatoms. The quantitative estimate of drug-likeness (QED) is 0.440. The van der Waals surface area contributed by atoms with E-state index < -0.39 is 5.69 Å². The first-order valence-electron chi connectivity index (χ1n) is 10.3. The lowest BCUT2D eigenvalue weighted by atomic mass is 10.1. The molecule has 0 amide bonds. The summed E-state index contributed by atoms with van der Waals surface area (Å²) in [4.78, 5) is 31.2. The maximum Gasteiger partial charge on any atom is 0.332 e. The largest absolute Gasteiger partial charge is 0.497 e. The van der Waals surface area contributed by atoms with E-state index in [1.54, 1.807) is 18.6 Å². The van der Waals surface area contributed by atoms with E-state index in [4.69, 9.17) is 4.74 Å². The normalized spacial score (nSPS) is 11.5. The number of hydrogen-bond acceptors (Lipinski definition) is 4. The van der Waals surface area contributed by atoms with Crippen molar-refractivity contribution in [3.05, 3.63) is 92.4 Å². The molecule has 0 N–H and O–H groups in total. The summed E-state index contributed by atoms with van der Waals surface area (Å²) < 4.78 is 11.7. The molecule has 162 valence electrons. The number of aromatic nitrogens is 5. The Balaban J connectivity index is 1.76. The van der Waals surface area contributed by atoms with Crippen molar-refractivity contribution >= 4 is 16.9 Å². The Labute approximate surface area is 183 Å². The van der Waals surface area contributed by atoms with Crippen molar-refractivity contribution in [2.45, 2.75) is 20.4 Å². The second-order valence-electron chi connectivity index (χ2n) is 7.98. The molecule has 5 rings (SSSR count). The average Bonchev–Trinajstić information content (AvgIpc) is 3.30. The first-order valence-corrected chi connectivity index (χ1v) is 10.3. The van der Waals surface area contributed by atoms with Gasteiger partial charge in [0.05, 0.1) is 13.7 Å². The molecule has 3 aromatic heterocycles. The van der Waals surface area contributed by atoms with Gasteiger partial charge < -0.3 is 4.74 Å². The molecule has 3 heterocycles. The fourth-order valence-electron chi connectivity index (χ4n) is 4.19. The highest BCUT2D eigenvalue weighted by atomic mass is 16.5. The van der Waals surface area contributed by atoms with Crippen molar-refractivity contribution in [1.82, 2.24) is 23.1 Å². The zero-order valence-corrected chi connectivity index (χ0v) is 18.4. The maximum atomic E-state index is 13.5. The molecule has 0 unspecified atom stereocenters. The first kappa shape index (κ1) is 19.9. The number of methoxy groups -OCH3 is 1. The van der Waals surface area contributed by atoms with E-state index in [0.717, 1.165) is 28.3 Å². The van der Waals surface area contributed by atoms with Gasteiger partial charge in [-0.3, -0.25) is 22.9 Å². The Hall–Kier alpha value is -4.07. The van der Waals surface area contributed by atoms with E-state index in [0.29, 0.717) is 16.9 Å². The van der Waals surface area contributed by atoms with Gasteiger partial charge in [0.15, 0.2) is 11.2 Å². The molecular formula is C24H23N5O3. The van der Waals surface area contributed by atoms with Crippen molar-refractivity contribution in [1.29, 1.82) is 0 Å². The van der Waals surface area contributed by atoms with Gasteiger partial charge in [0.2, 0.25) is 5.78 Å². The molecule has 2 aromatic carbocycles. The Morgan fingerprint density at radius 3 is 2.47 bits per heavy atom. The second kappa shape index (κ2) is 7.26. The average molecular weight is 429 g/mol. The van der Waals surface area contributed by atoms with Crippen LogP contribution >= 0.6 is 0 Å². The molecule has 0 saturated heterocycles. The summed E-state index contributed by atoms with van der Waals surface area (Å²) in [6, 6.07) is 15.4. The minimum atomic E-state index is -0.391. The van der Waals surface area contributed by atoms with Crippen LogP contribution < -0.4 is 16.0 Å². The van der Waals surface area contributed by atoms with Crippen LogP contribution in [0.5, 0.6) is 5.75 Å². The number of imidazole rings is 2. The highest BCUT2D eigenvalue weighted by molar-refractivity contribution is 5.76. The Bertz CT molecular complexity index is 1600. The summed E-state index contributed by atoms with van der Waals surface area (Å²) in [7, 11) is 3.27. The van der Waals surface area contributed by atoms with Crippen LogP contribution in [0.2, 0.25) is 0 Å². The highest BCUT2D eigenvalue weighted by Gasteiger charge is 2.21. The lowest BCUT2D eigenvalue weighted by Gasteiger charge is -2.09. The molecule has 0 aliphatic heterocycles. The van der Waals surface area contributed by atoms with Gasteiger partial charge in [0.25, 0.3) is 5.56 Å². The molecule has 5 aromatic rings. The molecule has 0 saturated carbocycles. The Kier molecular flexibility index (Phi) is 4.51. The number of ether oxygens (including phenoxy) is 1. The number of benzene rings is 2. The Morgan fingerprint density at radius 1 is 1.03 bits per heavy atom. The van der Waals surface area contributed by atoms with Crippen LogP contribution in [-0.4, -0.2) is 30.2 Å². The number of rotatable bonds is 4. The molecule has 0 spiro atoms. The van der Waals surface area contributed by atoms with E-state index in [9.17, 15) is 9.59 Å². The topological polar surface area (TPSA) is 75.5 Å². The monoisotopic (exact) mass is 429 g/mol. The van der Waals surface area contributed by atoms with E-state index in [2.05, 4.69) is 4.98 Å². The van der Waals surface area contributed by atoms with Gasteiger partial charge in [0, 0.05) is 24.6 Å². The predicted molar refractivity (Wildman–Crippen MR) is 123 cm³/mol. The van der Waals surface area contributed by atoms with Gasteiger partial charge >= 0.3 is 5.69 Å². The van der Waals surface area contributed by atoms with Crippen LogP contribution in [0.25, 0.3) is 22.6 Å². The van der Waals surface area contributed by atoms with Crippen molar-refractivity contribution in [2.75, 3.05) is 7.11 Å². The lowest BCUT2D eigenvalue weighted by Crippen LogP contribution is -2.39. The van der Waals surface area contributed by atoms with Crippen LogP contribution in [0.1, 0.15) is 16.8 Å². The number of aryl methyl sites for hydroxylation is 3. The highest BCUT2D eigenvalue weighted by Crippen LogP contribution is 2.22. The number of nitrogens with zero attached hydrogens (tertiary/aromatic N) is 5. The zero-order chi connectivity index (χ0) is 22.6. The van der Waals surface area contributed by atoms with Crippen LogP contribution in [-0.2, 0) is 13.6 Å². The van der Waals surface area contributed by atoms with Gasteiger partial charge in [-0.05, 0) is 43.7 Å². The molecule has 0 bridgehead atoms. The van der Waals surface area contributed by atoms with Gasteiger partial charge in [0.1, 0.15) is 5.75 Å². The van der Waals surface area contributed by atoms with E-state index >= 15 is 0 Å². The van der Waals surface area contributed by atoms with E-state index in [-0.39, 0.29) is 12.1 Å². The third kappa shape index (κ3) is 2.95. The maximum absolute atomic E-state index is 13.5. The lowest BCUT2D eigenvalue weighted by molar-refractivity contribution is 0.415. The molecule has 0 radical (unpaired) electrons. The molecule has 8 nitrogen and oxygen atoms in total. The van der Waals surface area contributed by atoms with Gasteiger partial charge in [-0.15, -0.1) is 0 Å². The summed E-state index contributed by atoms with van der Waals surface area (Å²) in [6.07, 6.45) is 1.87. The van der Waals surface area contributed by atoms with Crippen molar-refractivity contribution in [3.8, 4) is 11.4 Å². The zero-order valence-electron chi connectivity index (χ0n) is 18.4. The van der Waals surface area contributed by atoms with E-state index in [1.807, 2.05) is 73.1 Å². The Morgan fingerprint density at radius 2 is 1.78 bits per heavy atom. The van der Waals surface area contributed by atoms with Crippen molar-refractivity contribution in [3.63, 3.8) is 0 Å². The standard InChI is InChI=1S/C24H23N5O3/c1-15-6-5-7-17(12-15)14-28-22(30)20-21(26(3)24(28)31)25-23-27(20)13-16(2)29(23)18-8-10-19(32-4)11-9-18/h5-13H,14H2,1-4H3. The van der Waals surface area contributed by atoms with Crippen LogP contribution in [0, 0.1) is 13.8 Å². The van der Waals surface area contributed by atoms with Crippen molar-refractivity contribution in [2.24, 2.45) is 7.05 Å². The molecule has 0 aliphatic carbocycles. The summed E-state index contributed by atoms with van der Waals surface area (Å²) in [5.74, 6) is 1.33.